The molecule has 0 aliphatic carbocycles. The number of aryl methyl sites for hydroxylation is 2. The first-order chi connectivity index (χ1) is 11.6. The average molecular weight is 352 g/mol. The van der Waals surface area contributed by atoms with Crippen LogP contribution in [0.15, 0.2) is 53.3 Å². The molecular formula is C19H16N2OS2. The zero-order valence-corrected chi connectivity index (χ0v) is 15.1. The van der Waals surface area contributed by atoms with E-state index in [1.54, 1.807) is 11.3 Å². The van der Waals surface area contributed by atoms with Crippen LogP contribution < -0.4 is 5.56 Å². The van der Waals surface area contributed by atoms with Crippen molar-refractivity contribution >= 4 is 40.1 Å². The summed E-state index contributed by atoms with van der Waals surface area (Å²) in [5.74, 6) is 0. The summed E-state index contributed by atoms with van der Waals surface area (Å²) in [4.78, 5) is 14.0. The molecule has 0 saturated carbocycles. The van der Waals surface area contributed by atoms with Gasteiger partial charge in [-0.25, -0.2) is 0 Å². The van der Waals surface area contributed by atoms with E-state index in [1.165, 1.54) is 5.56 Å². The molecule has 4 rings (SSSR count). The van der Waals surface area contributed by atoms with E-state index >= 15 is 0 Å². The molecule has 0 aliphatic rings. The second-order valence-electron chi connectivity index (χ2n) is 5.79. The SMILES string of the molecule is CCn1c(=O)c2ccccc2n2c(=S)sc(-c3cccc(C)c3)c12. The van der Waals surface area contributed by atoms with Gasteiger partial charge in [0.2, 0.25) is 0 Å². The van der Waals surface area contributed by atoms with Gasteiger partial charge in [0, 0.05) is 6.54 Å². The van der Waals surface area contributed by atoms with Crippen molar-refractivity contribution in [3.05, 3.63) is 68.4 Å². The molecule has 0 spiro atoms. The molecule has 0 saturated heterocycles. The lowest BCUT2D eigenvalue weighted by Gasteiger charge is -2.11. The van der Waals surface area contributed by atoms with Crippen LogP contribution in [0.1, 0.15) is 12.5 Å². The Labute approximate surface area is 148 Å². The standard InChI is InChI=1S/C19H16N2OS2/c1-3-20-17-16(13-8-6-7-12(2)11-13)24-19(23)21(17)15-10-5-4-9-14(15)18(20)22/h4-11H,3H2,1-2H3. The van der Waals surface area contributed by atoms with Gasteiger partial charge in [0.1, 0.15) is 5.65 Å². The summed E-state index contributed by atoms with van der Waals surface area (Å²) in [6, 6.07) is 16.0. The first-order valence-electron chi connectivity index (χ1n) is 7.86. The maximum Gasteiger partial charge on any atom is 0.261 e. The predicted molar refractivity (Wildman–Crippen MR) is 104 cm³/mol. The van der Waals surface area contributed by atoms with Gasteiger partial charge in [0.15, 0.2) is 3.95 Å². The van der Waals surface area contributed by atoms with Gasteiger partial charge in [0.25, 0.3) is 5.56 Å². The first-order valence-corrected chi connectivity index (χ1v) is 9.08. The summed E-state index contributed by atoms with van der Waals surface area (Å²) >= 11 is 7.21. The number of aromatic nitrogens is 2. The Bertz CT molecular complexity index is 1200. The molecule has 2 aromatic carbocycles. The van der Waals surface area contributed by atoms with Crippen LogP contribution in [0.5, 0.6) is 0 Å². The van der Waals surface area contributed by atoms with Gasteiger partial charge in [-0.3, -0.25) is 13.8 Å². The van der Waals surface area contributed by atoms with Crippen LogP contribution in [0, 0.1) is 10.9 Å². The number of nitrogens with zero attached hydrogens (tertiary/aromatic N) is 2. The third kappa shape index (κ3) is 2.16. The molecule has 120 valence electrons. The fourth-order valence-electron chi connectivity index (χ4n) is 3.18. The third-order valence-electron chi connectivity index (χ3n) is 4.26. The maximum absolute atomic E-state index is 13.0. The number of thiazole rings is 1. The van der Waals surface area contributed by atoms with E-state index in [0.29, 0.717) is 11.9 Å². The van der Waals surface area contributed by atoms with Crippen LogP contribution in [0.3, 0.4) is 0 Å². The molecular weight excluding hydrogens is 336 g/mol. The third-order valence-corrected chi connectivity index (χ3v) is 5.67. The monoisotopic (exact) mass is 352 g/mol. The van der Waals surface area contributed by atoms with Crippen molar-refractivity contribution in [2.24, 2.45) is 0 Å². The van der Waals surface area contributed by atoms with Gasteiger partial charge in [-0.1, -0.05) is 42.0 Å². The molecule has 0 radical (unpaired) electrons. The number of para-hydroxylation sites is 1. The van der Waals surface area contributed by atoms with Gasteiger partial charge >= 0.3 is 0 Å². The molecule has 4 aromatic rings. The summed E-state index contributed by atoms with van der Waals surface area (Å²) in [7, 11) is 0. The van der Waals surface area contributed by atoms with Crippen LogP contribution >= 0.6 is 23.6 Å². The minimum atomic E-state index is 0.0369. The zero-order chi connectivity index (χ0) is 16.8. The molecule has 3 nitrogen and oxygen atoms in total. The smallest absolute Gasteiger partial charge is 0.261 e. The fourth-order valence-corrected chi connectivity index (χ4v) is 4.60. The summed E-state index contributed by atoms with van der Waals surface area (Å²) in [5, 5.41) is 0.705. The van der Waals surface area contributed by atoms with E-state index in [9.17, 15) is 4.79 Å². The molecule has 0 bridgehead atoms. The molecule has 0 fully saturated rings. The number of hydrogen-bond acceptors (Lipinski definition) is 3. The highest BCUT2D eigenvalue weighted by Gasteiger charge is 2.17. The van der Waals surface area contributed by atoms with E-state index < -0.39 is 0 Å². The topological polar surface area (TPSA) is 26.4 Å². The maximum atomic E-state index is 13.0. The summed E-state index contributed by atoms with van der Waals surface area (Å²) in [6.07, 6.45) is 0. The summed E-state index contributed by atoms with van der Waals surface area (Å²) in [5.41, 5.74) is 4.10. The van der Waals surface area contributed by atoms with E-state index in [-0.39, 0.29) is 5.56 Å². The quantitative estimate of drug-likeness (QED) is 0.472. The van der Waals surface area contributed by atoms with Gasteiger partial charge in [-0.2, -0.15) is 0 Å². The van der Waals surface area contributed by atoms with E-state index in [0.717, 1.165) is 25.6 Å². The molecule has 5 heteroatoms. The van der Waals surface area contributed by atoms with Crippen molar-refractivity contribution in [1.82, 2.24) is 8.97 Å². The van der Waals surface area contributed by atoms with Gasteiger partial charge < -0.3 is 0 Å². The van der Waals surface area contributed by atoms with E-state index in [2.05, 4.69) is 25.1 Å². The molecule has 0 N–H and O–H groups in total. The minimum absolute atomic E-state index is 0.0369. The number of rotatable bonds is 2. The van der Waals surface area contributed by atoms with Crippen molar-refractivity contribution in [2.75, 3.05) is 0 Å². The second kappa shape index (κ2) is 5.69. The highest BCUT2D eigenvalue weighted by Crippen LogP contribution is 2.33. The number of fused-ring (bicyclic) bond motifs is 3. The Kier molecular flexibility index (Phi) is 3.62. The second-order valence-corrected chi connectivity index (χ2v) is 7.44. The predicted octanol–water partition coefficient (Wildman–Crippen LogP) is 5.04. The highest BCUT2D eigenvalue weighted by molar-refractivity contribution is 7.73. The summed E-state index contributed by atoms with van der Waals surface area (Å²) in [6.45, 7) is 4.68. The molecule has 0 amide bonds. The first kappa shape index (κ1) is 15.3. The molecule has 2 aromatic heterocycles. The van der Waals surface area contributed by atoms with Crippen LogP contribution in [0.4, 0.5) is 0 Å². The van der Waals surface area contributed by atoms with Crippen molar-refractivity contribution in [1.29, 1.82) is 0 Å². The summed E-state index contributed by atoms with van der Waals surface area (Å²) < 4.78 is 4.63. The van der Waals surface area contributed by atoms with Crippen molar-refractivity contribution < 1.29 is 0 Å². The Balaban J connectivity index is 2.27. The zero-order valence-electron chi connectivity index (χ0n) is 13.4. The normalized spacial score (nSPS) is 11.4. The van der Waals surface area contributed by atoms with Gasteiger partial charge in [-0.15, -0.1) is 11.3 Å². The number of benzene rings is 2. The highest BCUT2D eigenvalue weighted by atomic mass is 32.1. The largest absolute Gasteiger partial charge is 0.293 e. The Morgan fingerprint density at radius 1 is 1.12 bits per heavy atom. The average Bonchev–Trinajstić information content (AvgIpc) is 2.93. The van der Waals surface area contributed by atoms with Crippen molar-refractivity contribution in [3.63, 3.8) is 0 Å². The van der Waals surface area contributed by atoms with Crippen LogP contribution in [-0.4, -0.2) is 8.97 Å². The van der Waals surface area contributed by atoms with E-state index in [4.69, 9.17) is 12.2 Å². The fraction of sp³-hybridized carbons (Fsp3) is 0.158. The Morgan fingerprint density at radius 2 is 1.92 bits per heavy atom. The lowest BCUT2D eigenvalue weighted by molar-refractivity contribution is 0.748. The van der Waals surface area contributed by atoms with Crippen molar-refractivity contribution in [2.45, 2.75) is 20.4 Å². The lowest BCUT2D eigenvalue weighted by atomic mass is 10.1. The Hall–Kier alpha value is -2.24. The molecule has 0 unspecified atom stereocenters. The van der Waals surface area contributed by atoms with Gasteiger partial charge in [-0.05, 0) is 43.8 Å². The van der Waals surface area contributed by atoms with Crippen LogP contribution in [0.25, 0.3) is 27.0 Å². The molecule has 2 heterocycles. The Morgan fingerprint density at radius 3 is 2.67 bits per heavy atom. The van der Waals surface area contributed by atoms with Gasteiger partial charge in [0.05, 0.1) is 15.8 Å². The lowest BCUT2D eigenvalue weighted by Crippen LogP contribution is -2.22. The number of hydrogen-bond donors (Lipinski definition) is 0. The molecule has 0 atom stereocenters. The molecule has 0 aliphatic heterocycles. The molecule has 24 heavy (non-hydrogen) atoms. The van der Waals surface area contributed by atoms with Crippen molar-refractivity contribution in [3.8, 4) is 10.4 Å². The van der Waals surface area contributed by atoms with Crippen LogP contribution in [-0.2, 0) is 6.54 Å². The minimum Gasteiger partial charge on any atom is -0.293 e. The van der Waals surface area contributed by atoms with Crippen LogP contribution in [0.2, 0.25) is 0 Å². The van der Waals surface area contributed by atoms with E-state index in [1.807, 2.05) is 46.2 Å².